The normalized spacial score (nSPS) is 10.3. The van der Waals surface area contributed by atoms with E-state index in [1.165, 1.54) is 98.0 Å². The van der Waals surface area contributed by atoms with Crippen LogP contribution in [0.5, 0.6) is 0 Å². The van der Waals surface area contributed by atoms with Gasteiger partial charge in [0, 0.05) is 11.0 Å². The summed E-state index contributed by atoms with van der Waals surface area (Å²) in [5.41, 5.74) is 7.99. The largest absolute Gasteiger partial charge is 2.00 e. The van der Waals surface area contributed by atoms with Crippen LogP contribution in [-0.4, -0.2) is 11.0 Å². The van der Waals surface area contributed by atoms with Gasteiger partial charge in [-0.1, -0.05) is 134 Å². The van der Waals surface area contributed by atoms with E-state index in [0.29, 0.717) is 0 Å². The predicted octanol–water partition coefficient (Wildman–Crippen LogP) is 8.21. The molecule has 0 nitrogen and oxygen atoms in total. The van der Waals surface area contributed by atoms with E-state index in [1.54, 1.807) is 0 Å². The zero-order chi connectivity index (χ0) is 32.2. The van der Waals surface area contributed by atoms with Crippen LogP contribution in [0.25, 0.3) is 86.9 Å². The van der Waals surface area contributed by atoms with E-state index < -0.39 is 0 Å². The molecule has 0 bridgehead atoms. The first kappa shape index (κ1) is 44.1. The third-order valence-corrected chi connectivity index (χ3v) is 9.87. The molecule has 10 aromatic rings. The summed E-state index contributed by atoms with van der Waals surface area (Å²) in [6.07, 6.45) is 0. The number of benzene rings is 8. The molecule has 0 saturated heterocycles. The van der Waals surface area contributed by atoms with Crippen LogP contribution in [0.3, 0.4) is 0 Å². The summed E-state index contributed by atoms with van der Waals surface area (Å²) < 4.78 is 0. The van der Waals surface area contributed by atoms with Crippen LogP contribution in [0.4, 0.5) is 0 Å². The van der Waals surface area contributed by atoms with Gasteiger partial charge in [0.2, 0.25) is 0 Å². The molecule has 0 unspecified atom stereocenters. The monoisotopic (exact) mass is 828 g/mol. The maximum Gasteiger partial charge on any atom is 2.00 e. The Morgan fingerprint density at radius 3 is 0.963 bits per heavy atom. The van der Waals surface area contributed by atoms with E-state index in [0.717, 1.165) is 0 Å². The topological polar surface area (TPSA) is 0 Å². The van der Waals surface area contributed by atoms with Crippen molar-refractivity contribution >= 4 is 75.6 Å². The van der Waals surface area contributed by atoms with Crippen LogP contribution in [0.2, 0.25) is 0 Å². The summed E-state index contributed by atoms with van der Waals surface area (Å²) >= 11 is 0. The van der Waals surface area contributed by atoms with Gasteiger partial charge in [-0.3, -0.25) is 0 Å². The number of rotatable bonds is 2. The molecule has 0 aliphatic carbocycles. The van der Waals surface area contributed by atoms with Crippen LogP contribution in [0.15, 0.2) is 170 Å². The van der Waals surface area contributed by atoms with Crippen LogP contribution in [0.1, 0.15) is 11.1 Å². The molecular formula is C50H40Cl2SiZr-4. The Morgan fingerprint density at radius 1 is 0.352 bits per heavy atom. The van der Waals surface area contributed by atoms with Crippen molar-refractivity contribution in [3.8, 4) is 22.3 Å². The molecule has 0 amide bonds. The first-order valence-corrected chi connectivity index (χ1v) is 16.8. The van der Waals surface area contributed by atoms with Gasteiger partial charge in [-0.2, -0.15) is 12.1 Å². The van der Waals surface area contributed by atoms with Gasteiger partial charge in [-0.25, -0.2) is 0 Å². The van der Waals surface area contributed by atoms with Gasteiger partial charge in [0.05, 0.1) is 0 Å². The summed E-state index contributed by atoms with van der Waals surface area (Å²) in [4.78, 5) is 0. The van der Waals surface area contributed by atoms with Gasteiger partial charge in [-0.15, -0.1) is 69.1 Å². The van der Waals surface area contributed by atoms with Gasteiger partial charge in [-0.05, 0) is 66.3 Å². The van der Waals surface area contributed by atoms with E-state index in [9.17, 15) is 0 Å². The van der Waals surface area contributed by atoms with Crippen molar-refractivity contribution in [1.29, 1.82) is 0 Å². The van der Waals surface area contributed by atoms with E-state index >= 15 is 0 Å². The average molecular weight is 831 g/mol. The van der Waals surface area contributed by atoms with Crippen molar-refractivity contribution in [1.82, 2.24) is 0 Å². The molecule has 0 aromatic heterocycles. The van der Waals surface area contributed by atoms with Crippen LogP contribution in [0, 0.1) is 28.7 Å². The fourth-order valence-electron chi connectivity index (χ4n) is 7.81. The molecule has 0 N–H and O–H groups in total. The second-order valence-corrected chi connectivity index (χ2v) is 13.1. The van der Waals surface area contributed by atoms with Gasteiger partial charge in [0.15, 0.2) is 0 Å². The molecule has 4 radical (unpaired) electrons. The maximum absolute atomic E-state index is 2.31. The minimum Gasteiger partial charge on any atom is -1.00 e. The molecule has 0 atom stereocenters. The smallest absolute Gasteiger partial charge is 1.00 e. The Bertz CT molecular complexity index is 2520. The van der Waals surface area contributed by atoms with Crippen molar-refractivity contribution in [3.63, 3.8) is 0 Å². The van der Waals surface area contributed by atoms with E-state index in [2.05, 4.69) is 184 Å². The van der Waals surface area contributed by atoms with E-state index in [4.69, 9.17) is 0 Å². The van der Waals surface area contributed by atoms with Crippen LogP contribution >= 0.6 is 0 Å². The summed E-state index contributed by atoms with van der Waals surface area (Å²) in [6, 6.07) is 61.9. The number of hydrogen-bond acceptors (Lipinski definition) is 0. The molecule has 0 saturated carbocycles. The van der Waals surface area contributed by atoms with Gasteiger partial charge < -0.3 is 39.7 Å². The number of fused-ring (bicyclic) bond motifs is 6. The zero-order valence-electron chi connectivity index (χ0n) is 30.9. The Labute approximate surface area is 355 Å². The fourth-order valence-corrected chi connectivity index (χ4v) is 7.81. The number of halogens is 2. The average Bonchev–Trinajstić information content (AvgIpc) is 3.71. The fraction of sp³-hybridized carbons (Fsp3) is 0.0400. The first-order valence-electron chi connectivity index (χ1n) is 16.8. The van der Waals surface area contributed by atoms with Gasteiger partial charge in [0.1, 0.15) is 0 Å². The quantitative estimate of drug-likeness (QED) is 0.0938. The molecule has 10 aromatic carbocycles. The Hall–Kier alpha value is -4.30. The number of hydrogen-bond donors (Lipinski definition) is 0. The second kappa shape index (κ2) is 18.4. The summed E-state index contributed by atoms with van der Waals surface area (Å²) in [7, 11) is 0. The van der Waals surface area contributed by atoms with Crippen LogP contribution < -0.4 is 24.8 Å². The molecule has 4 heteroatoms. The zero-order valence-corrected chi connectivity index (χ0v) is 35.9. The van der Waals surface area contributed by atoms with Crippen molar-refractivity contribution < 1.29 is 51.0 Å². The minimum absolute atomic E-state index is 0. The summed E-state index contributed by atoms with van der Waals surface area (Å²) in [6.45, 7) is 4.34. The van der Waals surface area contributed by atoms with Crippen LogP contribution in [-0.2, 0) is 26.2 Å². The number of aryl methyl sites for hydroxylation is 2. The van der Waals surface area contributed by atoms with Crippen molar-refractivity contribution in [3.05, 3.63) is 196 Å². The predicted molar refractivity (Wildman–Crippen MR) is 228 cm³/mol. The first-order chi connectivity index (χ1) is 23.6. The third kappa shape index (κ3) is 7.77. The molecule has 266 valence electrons. The molecule has 10 rings (SSSR count). The Kier molecular flexibility index (Phi) is 15.0. The molecule has 0 heterocycles. The van der Waals surface area contributed by atoms with E-state index in [1.807, 2.05) is 0 Å². The molecular weight excluding hydrogens is 791 g/mol. The molecule has 0 fully saturated rings. The summed E-state index contributed by atoms with van der Waals surface area (Å²) in [5, 5.41) is 15.8. The Morgan fingerprint density at radius 2 is 0.648 bits per heavy atom. The minimum atomic E-state index is 0. The maximum atomic E-state index is 2.31. The molecule has 0 aliphatic rings. The van der Waals surface area contributed by atoms with Gasteiger partial charge >= 0.3 is 26.2 Å². The van der Waals surface area contributed by atoms with Gasteiger partial charge in [0.25, 0.3) is 0 Å². The summed E-state index contributed by atoms with van der Waals surface area (Å²) in [5.74, 6) is 0. The molecule has 54 heavy (non-hydrogen) atoms. The second-order valence-electron chi connectivity index (χ2n) is 13.1. The molecule has 0 spiro atoms. The SMILES string of the molecule is Cc1cc2c(-c3c4ccccc4cc4ccccc34)cccc2[cH-]1.Cc1cc2c(-c3c4ccccc4cc4ccccc34)cccc2[cH-]1.[CH3-].[CH3-].[Cl-].[Cl-].[Si].[Zr+2]. The van der Waals surface area contributed by atoms with E-state index in [-0.39, 0.29) is 76.8 Å². The third-order valence-electron chi connectivity index (χ3n) is 9.87. The van der Waals surface area contributed by atoms with Crippen molar-refractivity contribution in [2.24, 2.45) is 0 Å². The standard InChI is InChI=1S/2C24H17.2CH3.2ClH.Si.Zr/c2*1-16-13-17-9-6-12-22(23(17)14-16)24-20-10-4-2-7-18(20)15-19-8-3-5-11-21(19)24;;;;;;/h2*2-15H,1H3;2*1H3;2*1H;;/q4*-1;;;;+2/p-2. The van der Waals surface area contributed by atoms with Crippen molar-refractivity contribution in [2.75, 3.05) is 0 Å². The molecule has 0 aliphatic heterocycles. The van der Waals surface area contributed by atoms with Crippen molar-refractivity contribution in [2.45, 2.75) is 13.8 Å². The Balaban J connectivity index is 0.000000261.